The maximum absolute atomic E-state index is 13.6. The molecule has 3 rings (SSSR count). The summed E-state index contributed by atoms with van der Waals surface area (Å²) in [6.07, 6.45) is -4.12. The second-order valence-corrected chi connectivity index (χ2v) is 11.3. The molecular weight excluding hydrogens is 620 g/mol. The third-order valence-electron chi connectivity index (χ3n) is 5.90. The van der Waals surface area contributed by atoms with Crippen LogP contribution in [0.15, 0.2) is 40.4 Å². The standard InChI is InChI=1S/C23H28Cl2N7O9P/c1-4-38-21(35)16(9-12(2)3)32(41-13-5-6-14(24)15(25)10-13)42(37)39-11-23(29-30-27)19(34)18(33)20(40-23)31-8-7-17(26)28-22(31)36/h5-8,10,12,16,18-20,33-34H,4,9,11H2,1-3H3,(H-,26,28,36)/p+1/t16?,18-,19+,20-,23-/m1/s1. The Bertz CT molecular complexity index is 1410. The van der Waals surface area contributed by atoms with Crippen molar-refractivity contribution in [3.8, 4) is 5.75 Å². The van der Waals surface area contributed by atoms with Crippen LogP contribution in [0, 0.1) is 5.92 Å². The van der Waals surface area contributed by atoms with Crippen molar-refractivity contribution < 1.29 is 38.4 Å². The average molecular weight is 649 g/mol. The van der Waals surface area contributed by atoms with Crippen molar-refractivity contribution in [2.75, 3.05) is 18.9 Å². The average Bonchev–Trinajstić information content (AvgIpc) is 3.16. The van der Waals surface area contributed by atoms with Crippen LogP contribution in [-0.4, -0.2) is 67.8 Å². The van der Waals surface area contributed by atoms with Crippen LogP contribution in [0.5, 0.6) is 5.75 Å². The highest BCUT2D eigenvalue weighted by molar-refractivity contribution is 7.36. The van der Waals surface area contributed by atoms with E-state index >= 15 is 0 Å². The minimum absolute atomic E-state index is 0.0182. The number of carbonyl (C=O) groups is 1. The minimum Gasteiger partial charge on any atom is -0.465 e. The largest absolute Gasteiger partial charge is 0.653 e. The van der Waals surface area contributed by atoms with E-state index in [4.69, 9.17) is 47.8 Å². The second-order valence-electron chi connectivity index (χ2n) is 9.40. The Balaban J connectivity index is 1.94. The van der Waals surface area contributed by atoms with Gasteiger partial charge in [-0.05, 0) is 47.6 Å². The highest BCUT2D eigenvalue weighted by atomic mass is 35.5. The van der Waals surface area contributed by atoms with Crippen LogP contribution in [0.1, 0.15) is 33.4 Å². The number of benzene rings is 1. The predicted octanol–water partition coefficient (Wildman–Crippen LogP) is 3.34. The lowest BCUT2D eigenvalue weighted by molar-refractivity contribution is -0.157. The Hall–Kier alpha value is -3.04. The molecule has 1 saturated heterocycles. The number of ether oxygens (including phenoxy) is 2. The van der Waals surface area contributed by atoms with Crippen molar-refractivity contribution in [1.29, 1.82) is 0 Å². The van der Waals surface area contributed by atoms with Gasteiger partial charge in [-0.1, -0.05) is 42.2 Å². The van der Waals surface area contributed by atoms with Gasteiger partial charge in [0, 0.05) is 17.2 Å². The van der Waals surface area contributed by atoms with Crippen molar-refractivity contribution in [3.63, 3.8) is 0 Å². The van der Waals surface area contributed by atoms with E-state index < -0.39 is 56.6 Å². The first kappa shape index (κ1) is 33.5. The third-order valence-corrected chi connectivity index (χ3v) is 7.67. The third kappa shape index (κ3) is 7.67. The van der Waals surface area contributed by atoms with E-state index in [0.29, 0.717) is 0 Å². The summed E-state index contributed by atoms with van der Waals surface area (Å²) in [6, 6.07) is 4.13. The fourth-order valence-electron chi connectivity index (χ4n) is 3.94. The topological polar surface area (TPSA) is 224 Å². The van der Waals surface area contributed by atoms with Crippen molar-refractivity contribution in [3.05, 3.63) is 61.4 Å². The minimum atomic E-state index is -3.14. The number of halogens is 2. The number of carbonyl (C=O) groups excluding carboxylic acids is 1. The van der Waals surface area contributed by atoms with E-state index in [-0.39, 0.29) is 40.6 Å². The Labute approximate surface area is 250 Å². The molecule has 1 aromatic carbocycles. The van der Waals surface area contributed by atoms with Gasteiger partial charge in [0.15, 0.2) is 18.0 Å². The molecule has 0 amide bonds. The zero-order valence-electron chi connectivity index (χ0n) is 22.6. The Morgan fingerprint density at radius 2 is 2.07 bits per heavy atom. The van der Waals surface area contributed by atoms with Gasteiger partial charge in [0.1, 0.15) is 29.5 Å². The SMILES string of the molecule is CCOC(=O)C(CC(C)C)N(Oc1ccc(Cl)c(Cl)c1)[P+](=O)OC[C@@]1(N=[N+]=[N-])O[C@@H](n2ccc(N)nc2=O)[C@H](O)[C@@H]1O. The second kappa shape index (κ2) is 14.4. The van der Waals surface area contributed by atoms with Gasteiger partial charge in [-0.3, -0.25) is 9.36 Å². The van der Waals surface area contributed by atoms with Crippen LogP contribution < -0.4 is 16.3 Å². The molecule has 0 spiro atoms. The number of hydroxylamine groups is 1. The molecule has 0 saturated carbocycles. The summed E-state index contributed by atoms with van der Waals surface area (Å²) in [5.74, 6) is -0.946. The number of aromatic nitrogens is 2. The number of nitrogens with zero attached hydrogens (tertiary/aromatic N) is 6. The molecule has 1 fully saturated rings. The molecule has 19 heteroatoms. The number of esters is 1. The zero-order chi connectivity index (χ0) is 31.2. The molecule has 6 atom stereocenters. The molecule has 4 N–H and O–H groups in total. The fourth-order valence-corrected chi connectivity index (χ4v) is 5.21. The van der Waals surface area contributed by atoms with Gasteiger partial charge in [0.25, 0.3) is 0 Å². The molecule has 2 aromatic rings. The van der Waals surface area contributed by atoms with Crippen LogP contribution in [0.2, 0.25) is 10.0 Å². The summed E-state index contributed by atoms with van der Waals surface area (Å²) in [7, 11) is -3.14. The van der Waals surface area contributed by atoms with Crippen LogP contribution in [0.4, 0.5) is 5.82 Å². The first-order valence-electron chi connectivity index (χ1n) is 12.5. The molecular formula is C23H29Cl2N7O9P+. The maximum Gasteiger partial charge on any atom is 0.653 e. The molecule has 16 nitrogen and oxygen atoms in total. The van der Waals surface area contributed by atoms with Gasteiger partial charge in [0.05, 0.1) is 16.7 Å². The number of aliphatic hydroxyl groups excluding tert-OH is 2. The van der Waals surface area contributed by atoms with Crippen molar-refractivity contribution in [2.45, 2.75) is 57.4 Å². The number of hydrogen-bond donors (Lipinski definition) is 3. The molecule has 42 heavy (non-hydrogen) atoms. The molecule has 0 radical (unpaired) electrons. The van der Waals surface area contributed by atoms with Gasteiger partial charge in [-0.15, -0.1) is 4.52 Å². The number of hydrogen-bond acceptors (Lipinski definition) is 12. The van der Waals surface area contributed by atoms with Gasteiger partial charge >= 0.3 is 19.8 Å². The summed E-state index contributed by atoms with van der Waals surface area (Å²) in [4.78, 5) is 38.0. The maximum atomic E-state index is 13.6. The van der Waals surface area contributed by atoms with Gasteiger partial charge in [0.2, 0.25) is 5.72 Å². The molecule has 2 unspecified atom stereocenters. The van der Waals surface area contributed by atoms with E-state index in [9.17, 15) is 29.9 Å². The lowest BCUT2D eigenvalue weighted by Crippen LogP contribution is -2.45. The molecule has 1 aliphatic heterocycles. The predicted molar refractivity (Wildman–Crippen MR) is 149 cm³/mol. The first-order chi connectivity index (χ1) is 19.8. The monoisotopic (exact) mass is 648 g/mol. The summed E-state index contributed by atoms with van der Waals surface area (Å²) < 4.78 is 30.7. The number of nitrogens with two attached hydrogens (primary N) is 1. The molecule has 2 heterocycles. The highest BCUT2D eigenvalue weighted by Gasteiger charge is 2.58. The summed E-state index contributed by atoms with van der Waals surface area (Å²) >= 11 is 12.1. The summed E-state index contributed by atoms with van der Waals surface area (Å²) in [6.45, 7) is 4.32. The normalized spacial score (nSPS) is 23.0. The van der Waals surface area contributed by atoms with Crippen molar-refractivity contribution in [1.82, 2.24) is 14.4 Å². The Kier molecular flexibility index (Phi) is 11.5. The van der Waals surface area contributed by atoms with E-state index in [1.807, 2.05) is 13.8 Å². The van der Waals surface area contributed by atoms with Gasteiger partial charge in [-0.2, -0.15) is 4.98 Å². The number of azide groups is 1. The molecule has 1 aromatic heterocycles. The number of anilines is 1. The number of aliphatic hydroxyl groups is 2. The van der Waals surface area contributed by atoms with E-state index in [1.54, 1.807) is 6.92 Å². The van der Waals surface area contributed by atoms with E-state index in [1.165, 1.54) is 24.3 Å². The van der Waals surface area contributed by atoms with Gasteiger partial charge < -0.3 is 30.3 Å². The van der Waals surface area contributed by atoms with Crippen molar-refractivity contribution in [2.24, 2.45) is 11.0 Å². The summed E-state index contributed by atoms with van der Waals surface area (Å²) in [5.41, 5.74) is 11.4. The van der Waals surface area contributed by atoms with Crippen LogP contribution in [-0.2, 0) is 23.4 Å². The van der Waals surface area contributed by atoms with E-state index in [0.717, 1.165) is 15.6 Å². The van der Waals surface area contributed by atoms with E-state index in [2.05, 4.69) is 15.0 Å². The number of nitrogen functional groups attached to an aromatic ring is 1. The smallest absolute Gasteiger partial charge is 0.465 e. The highest BCUT2D eigenvalue weighted by Crippen LogP contribution is 2.42. The van der Waals surface area contributed by atoms with Crippen LogP contribution >= 0.6 is 31.4 Å². The first-order valence-corrected chi connectivity index (χ1v) is 14.4. The molecule has 0 bridgehead atoms. The summed E-state index contributed by atoms with van der Waals surface area (Å²) in [5, 5.41) is 25.3. The molecule has 0 aliphatic carbocycles. The Morgan fingerprint density at radius 3 is 2.67 bits per heavy atom. The fraction of sp³-hybridized carbons (Fsp3) is 0.522. The zero-order valence-corrected chi connectivity index (χ0v) is 25.0. The van der Waals surface area contributed by atoms with Crippen LogP contribution in [0.25, 0.3) is 10.4 Å². The van der Waals surface area contributed by atoms with Crippen LogP contribution in [0.3, 0.4) is 0 Å². The van der Waals surface area contributed by atoms with Gasteiger partial charge in [-0.25, -0.2) is 4.79 Å². The Morgan fingerprint density at radius 1 is 1.36 bits per heavy atom. The lowest BCUT2D eigenvalue weighted by Gasteiger charge is -2.25. The molecule has 1 aliphatic rings. The lowest BCUT2D eigenvalue weighted by atomic mass is 10.0. The molecule has 228 valence electrons. The van der Waals surface area contributed by atoms with Crippen molar-refractivity contribution >= 4 is 43.2 Å². The number of rotatable bonds is 13. The quantitative estimate of drug-likeness (QED) is 0.0710.